The van der Waals surface area contributed by atoms with Crippen molar-refractivity contribution in [1.29, 1.82) is 0 Å². The number of aryl methyl sites for hydroxylation is 1. The fourth-order valence-electron chi connectivity index (χ4n) is 2.45. The molecule has 0 aliphatic heterocycles. The Morgan fingerprint density at radius 1 is 1.00 bits per heavy atom. The van der Waals surface area contributed by atoms with E-state index in [9.17, 15) is 9.59 Å². The zero-order valence-corrected chi connectivity index (χ0v) is 17.4. The Kier molecular flexibility index (Phi) is 8.33. The van der Waals surface area contributed by atoms with Crippen LogP contribution in [0.3, 0.4) is 0 Å². The highest BCUT2D eigenvalue weighted by Crippen LogP contribution is 2.28. The van der Waals surface area contributed by atoms with Crippen molar-refractivity contribution in [3.05, 3.63) is 59.2 Å². The van der Waals surface area contributed by atoms with Crippen molar-refractivity contribution in [2.45, 2.75) is 33.7 Å². The van der Waals surface area contributed by atoms with Crippen LogP contribution in [0.5, 0.6) is 11.5 Å². The van der Waals surface area contributed by atoms with Crippen molar-refractivity contribution in [3.63, 3.8) is 0 Å². The first-order chi connectivity index (χ1) is 13.9. The number of carbonyl (C=O) groups excluding carboxylic acids is 2. The van der Waals surface area contributed by atoms with Crippen LogP contribution in [0.2, 0.25) is 0 Å². The van der Waals surface area contributed by atoms with Crippen molar-refractivity contribution < 1.29 is 19.1 Å². The Morgan fingerprint density at radius 2 is 1.72 bits per heavy atom. The fraction of sp³-hybridized carbons (Fsp3) is 0.364. The summed E-state index contributed by atoms with van der Waals surface area (Å²) < 4.78 is 11.0. The predicted molar refractivity (Wildman–Crippen MR) is 112 cm³/mol. The van der Waals surface area contributed by atoms with Crippen LogP contribution < -0.4 is 25.6 Å². The summed E-state index contributed by atoms with van der Waals surface area (Å²) in [6.45, 7) is 7.18. The number of benzene rings is 2. The predicted octanol–water partition coefficient (Wildman–Crippen LogP) is 3.57. The standard InChI is InChI=1S/C22H29N3O4/c1-15(2)11-12-29-19-10-9-18(13-20(19)28-4)21(26)24-25-22(27)23-14-17-7-5-16(3)6-8-17/h5-10,13,15H,11-12,14H2,1-4H3,(H,24,26)(H2,23,25,27). The molecule has 2 aromatic rings. The molecule has 0 saturated heterocycles. The highest BCUT2D eigenvalue weighted by molar-refractivity contribution is 5.95. The first-order valence-electron chi connectivity index (χ1n) is 9.59. The van der Waals surface area contributed by atoms with E-state index in [1.165, 1.54) is 7.11 Å². The van der Waals surface area contributed by atoms with E-state index < -0.39 is 11.9 Å². The molecular weight excluding hydrogens is 370 g/mol. The smallest absolute Gasteiger partial charge is 0.333 e. The van der Waals surface area contributed by atoms with Crippen LogP contribution in [0.4, 0.5) is 4.79 Å². The normalized spacial score (nSPS) is 10.4. The van der Waals surface area contributed by atoms with E-state index in [1.807, 2.05) is 31.2 Å². The minimum absolute atomic E-state index is 0.344. The van der Waals surface area contributed by atoms with Gasteiger partial charge in [0.2, 0.25) is 0 Å². The third-order valence-electron chi connectivity index (χ3n) is 4.24. The van der Waals surface area contributed by atoms with Gasteiger partial charge in [0.15, 0.2) is 11.5 Å². The Labute approximate surface area is 171 Å². The van der Waals surface area contributed by atoms with E-state index in [-0.39, 0.29) is 0 Å². The molecule has 7 heteroatoms. The van der Waals surface area contributed by atoms with E-state index in [0.29, 0.717) is 36.1 Å². The maximum atomic E-state index is 12.3. The molecule has 0 atom stereocenters. The maximum absolute atomic E-state index is 12.3. The minimum atomic E-state index is -0.500. The summed E-state index contributed by atoms with van der Waals surface area (Å²) in [5.74, 6) is 1.12. The van der Waals surface area contributed by atoms with Gasteiger partial charge in [0.1, 0.15) is 0 Å². The number of amides is 3. The molecule has 2 rings (SSSR count). The molecule has 0 aliphatic carbocycles. The van der Waals surface area contributed by atoms with Gasteiger partial charge in [0.05, 0.1) is 13.7 Å². The van der Waals surface area contributed by atoms with E-state index in [1.54, 1.807) is 18.2 Å². The largest absolute Gasteiger partial charge is 0.493 e. The zero-order chi connectivity index (χ0) is 21.2. The second kappa shape index (κ2) is 10.9. The topological polar surface area (TPSA) is 88.7 Å². The van der Waals surface area contributed by atoms with Gasteiger partial charge in [-0.1, -0.05) is 43.7 Å². The van der Waals surface area contributed by atoms with Crippen LogP contribution in [-0.2, 0) is 6.54 Å². The van der Waals surface area contributed by atoms with Gasteiger partial charge in [-0.05, 0) is 43.0 Å². The average molecular weight is 399 g/mol. The van der Waals surface area contributed by atoms with Gasteiger partial charge in [-0.3, -0.25) is 10.2 Å². The summed E-state index contributed by atoms with van der Waals surface area (Å²) in [5, 5.41) is 2.68. The van der Waals surface area contributed by atoms with E-state index >= 15 is 0 Å². The lowest BCUT2D eigenvalue weighted by molar-refractivity contribution is 0.0936. The number of carbonyl (C=O) groups is 2. The Hall–Kier alpha value is -3.22. The molecular formula is C22H29N3O4. The molecule has 29 heavy (non-hydrogen) atoms. The summed E-state index contributed by atoms with van der Waals surface area (Å²) in [4.78, 5) is 24.2. The molecule has 0 fully saturated rings. The molecule has 156 valence electrons. The quantitative estimate of drug-likeness (QED) is 0.592. The number of rotatable bonds is 8. The number of urea groups is 1. The summed E-state index contributed by atoms with van der Waals surface area (Å²) >= 11 is 0. The molecule has 0 aliphatic rings. The third-order valence-corrected chi connectivity index (χ3v) is 4.24. The first kappa shape index (κ1) is 22.1. The van der Waals surface area contributed by atoms with Crippen molar-refractivity contribution in [1.82, 2.24) is 16.2 Å². The Bertz CT molecular complexity index is 819. The summed E-state index contributed by atoms with van der Waals surface area (Å²) in [6, 6.07) is 12.2. The highest BCUT2D eigenvalue weighted by Gasteiger charge is 2.12. The number of hydrogen-bond acceptors (Lipinski definition) is 4. The van der Waals surface area contributed by atoms with Crippen molar-refractivity contribution in [3.8, 4) is 11.5 Å². The average Bonchev–Trinajstić information content (AvgIpc) is 2.71. The van der Waals surface area contributed by atoms with E-state index in [0.717, 1.165) is 17.5 Å². The minimum Gasteiger partial charge on any atom is -0.493 e. The van der Waals surface area contributed by atoms with Crippen LogP contribution in [0, 0.1) is 12.8 Å². The first-order valence-corrected chi connectivity index (χ1v) is 9.59. The van der Waals surface area contributed by atoms with Gasteiger partial charge in [-0.2, -0.15) is 0 Å². The SMILES string of the molecule is COc1cc(C(=O)NNC(=O)NCc2ccc(C)cc2)ccc1OCCC(C)C. The second-order valence-corrected chi connectivity index (χ2v) is 7.14. The van der Waals surface area contributed by atoms with Gasteiger partial charge in [0, 0.05) is 12.1 Å². The second-order valence-electron chi connectivity index (χ2n) is 7.14. The summed E-state index contributed by atoms with van der Waals surface area (Å²) in [7, 11) is 1.52. The van der Waals surface area contributed by atoms with Crippen molar-refractivity contribution >= 4 is 11.9 Å². The summed E-state index contributed by atoms with van der Waals surface area (Å²) in [5.41, 5.74) is 7.18. The number of methoxy groups -OCH3 is 1. The molecule has 0 unspecified atom stereocenters. The van der Waals surface area contributed by atoms with Gasteiger partial charge in [-0.25, -0.2) is 10.2 Å². The highest BCUT2D eigenvalue weighted by atomic mass is 16.5. The maximum Gasteiger partial charge on any atom is 0.333 e. The molecule has 2 aromatic carbocycles. The molecule has 0 radical (unpaired) electrons. The van der Waals surface area contributed by atoms with Gasteiger partial charge in [-0.15, -0.1) is 0 Å². The third kappa shape index (κ3) is 7.37. The molecule has 3 amide bonds. The van der Waals surface area contributed by atoms with Crippen LogP contribution in [0.15, 0.2) is 42.5 Å². The van der Waals surface area contributed by atoms with Gasteiger partial charge in [0.25, 0.3) is 5.91 Å². The summed E-state index contributed by atoms with van der Waals surface area (Å²) in [6.07, 6.45) is 0.924. The lowest BCUT2D eigenvalue weighted by Crippen LogP contribution is -2.46. The van der Waals surface area contributed by atoms with Crippen LogP contribution >= 0.6 is 0 Å². The fourth-order valence-corrected chi connectivity index (χ4v) is 2.45. The van der Waals surface area contributed by atoms with E-state index in [4.69, 9.17) is 9.47 Å². The van der Waals surface area contributed by atoms with E-state index in [2.05, 4.69) is 30.0 Å². The Morgan fingerprint density at radius 3 is 2.38 bits per heavy atom. The van der Waals surface area contributed by atoms with Crippen molar-refractivity contribution in [2.75, 3.05) is 13.7 Å². The van der Waals surface area contributed by atoms with Crippen LogP contribution in [0.1, 0.15) is 41.8 Å². The molecule has 0 bridgehead atoms. The van der Waals surface area contributed by atoms with Crippen LogP contribution in [0.25, 0.3) is 0 Å². The molecule has 3 N–H and O–H groups in total. The molecule has 7 nitrogen and oxygen atoms in total. The number of hydrogen-bond donors (Lipinski definition) is 3. The van der Waals surface area contributed by atoms with Gasteiger partial charge >= 0.3 is 6.03 Å². The number of hydrazine groups is 1. The lowest BCUT2D eigenvalue weighted by Gasteiger charge is -2.13. The number of nitrogens with one attached hydrogen (secondary N) is 3. The lowest BCUT2D eigenvalue weighted by atomic mass is 10.1. The molecule has 0 heterocycles. The molecule has 0 spiro atoms. The van der Waals surface area contributed by atoms with Gasteiger partial charge < -0.3 is 14.8 Å². The van der Waals surface area contributed by atoms with Crippen LogP contribution in [-0.4, -0.2) is 25.7 Å². The zero-order valence-electron chi connectivity index (χ0n) is 17.4. The number of ether oxygens (including phenoxy) is 2. The Balaban J connectivity index is 1.84. The molecule has 0 saturated carbocycles. The van der Waals surface area contributed by atoms with Crippen molar-refractivity contribution in [2.24, 2.45) is 5.92 Å². The monoisotopic (exact) mass is 399 g/mol. The molecule has 0 aromatic heterocycles.